The Bertz CT molecular complexity index is 539. The number of carbonyl (C=O) groups is 2. The van der Waals surface area contributed by atoms with E-state index in [0.717, 1.165) is 0 Å². The Morgan fingerprint density at radius 2 is 1.83 bits per heavy atom. The molecule has 1 aliphatic heterocycles. The molecular weight excluding hydrogens is 308 g/mol. The fourth-order valence-corrected chi connectivity index (χ4v) is 2.96. The lowest BCUT2D eigenvalue weighted by molar-refractivity contribution is -0.142. The van der Waals surface area contributed by atoms with Crippen molar-refractivity contribution in [1.82, 2.24) is 4.90 Å². The van der Waals surface area contributed by atoms with E-state index in [1.54, 1.807) is 6.92 Å². The first-order valence-electron chi connectivity index (χ1n) is 8.38. The number of benzene rings is 1. The van der Waals surface area contributed by atoms with Crippen molar-refractivity contribution in [2.24, 2.45) is 0 Å². The highest BCUT2D eigenvalue weighted by atomic mass is 16.5. The summed E-state index contributed by atoms with van der Waals surface area (Å²) in [7, 11) is 0. The number of ether oxygens (including phenoxy) is 2. The van der Waals surface area contributed by atoms with Gasteiger partial charge in [0.25, 0.3) is 0 Å². The molecule has 2 atom stereocenters. The van der Waals surface area contributed by atoms with Gasteiger partial charge >= 0.3 is 5.97 Å². The van der Waals surface area contributed by atoms with Crippen LogP contribution < -0.4 is 4.90 Å². The van der Waals surface area contributed by atoms with E-state index in [4.69, 9.17) is 9.47 Å². The molecule has 1 aliphatic rings. The van der Waals surface area contributed by atoms with Crippen LogP contribution in [0.5, 0.6) is 0 Å². The summed E-state index contributed by atoms with van der Waals surface area (Å²) in [6.07, 6.45) is 0.188. The second kappa shape index (κ2) is 8.80. The standard InChI is InChI=1S/C18H26N2O4/c1-4-23-18(22)13-20(16-8-6-5-7-9-16)17(21)12-19-10-14(2)24-15(3)11-19/h5-9,14-15H,4,10-13H2,1-3H3/t14-,15+. The van der Waals surface area contributed by atoms with Gasteiger partial charge in [-0.2, -0.15) is 0 Å². The molecular formula is C18H26N2O4. The molecule has 0 saturated carbocycles. The van der Waals surface area contributed by atoms with Gasteiger partial charge in [-0.15, -0.1) is 0 Å². The van der Waals surface area contributed by atoms with E-state index in [-0.39, 0.29) is 31.2 Å². The SMILES string of the molecule is CCOC(=O)CN(C(=O)CN1C[C@@H](C)O[C@@H](C)C1)c1ccccc1. The molecule has 0 aliphatic carbocycles. The third-order valence-corrected chi connectivity index (χ3v) is 3.82. The van der Waals surface area contributed by atoms with E-state index in [1.807, 2.05) is 44.2 Å². The van der Waals surface area contributed by atoms with Crippen LogP contribution in [0.15, 0.2) is 30.3 Å². The van der Waals surface area contributed by atoms with Crippen LogP contribution >= 0.6 is 0 Å². The van der Waals surface area contributed by atoms with Crippen LogP contribution in [-0.2, 0) is 19.1 Å². The molecule has 1 heterocycles. The molecule has 1 aromatic carbocycles. The summed E-state index contributed by atoms with van der Waals surface area (Å²) in [5.74, 6) is -0.519. The number of rotatable bonds is 6. The molecule has 132 valence electrons. The Kier molecular flexibility index (Phi) is 6.75. The second-order valence-corrected chi connectivity index (χ2v) is 6.07. The maximum absolute atomic E-state index is 12.8. The predicted molar refractivity (Wildman–Crippen MR) is 91.9 cm³/mol. The number of para-hydroxylation sites is 1. The molecule has 24 heavy (non-hydrogen) atoms. The van der Waals surface area contributed by atoms with Gasteiger partial charge in [-0.3, -0.25) is 14.5 Å². The van der Waals surface area contributed by atoms with E-state index in [0.29, 0.717) is 25.4 Å². The van der Waals surface area contributed by atoms with Crippen molar-refractivity contribution in [1.29, 1.82) is 0 Å². The van der Waals surface area contributed by atoms with E-state index in [1.165, 1.54) is 4.90 Å². The lowest BCUT2D eigenvalue weighted by Crippen LogP contribution is -2.50. The fourth-order valence-electron chi connectivity index (χ4n) is 2.96. The van der Waals surface area contributed by atoms with E-state index in [2.05, 4.69) is 4.90 Å². The fraction of sp³-hybridized carbons (Fsp3) is 0.556. The zero-order chi connectivity index (χ0) is 17.5. The lowest BCUT2D eigenvalue weighted by Gasteiger charge is -2.35. The topological polar surface area (TPSA) is 59.1 Å². The van der Waals surface area contributed by atoms with Gasteiger partial charge in [-0.1, -0.05) is 18.2 Å². The zero-order valence-corrected chi connectivity index (χ0v) is 14.6. The van der Waals surface area contributed by atoms with E-state index in [9.17, 15) is 9.59 Å². The maximum Gasteiger partial charge on any atom is 0.326 e. The third kappa shape index (κ3) is 5.32. The Hall–Kier alpha value is -1.92. The zero-order valence-electron chi connectivity index (χ0n) is 14.6. The van der Waals surface area contributed by atoms with Crippen molar-refractivity contribution in [3.63, 3.8) is 0 Å². The molecule has 2 rings (SSSR count). The molecule has 0 spiro atoms. The first-order valence-corrected chi connectivity index (χ1v) is 8.38. The summed E-state index contributed by atoms with van der Waals surface area (Å²) in [5, 5.41) is 0. The molecule has 6 heteroatoms. The molecule has 0 bridgehead atoms. The van der Waals surface area contributed by atoms with Gasteiger partial charge in [0.05, 0.1) is 25.4 Å². The van der Waals surface area contributed by atoms with Gasteiger partial charge in [-0.05, 0) is 32.9 Å². The molecule has 0 unspecified atom stereocenters. The van der Waals surface area contributed by atoms with Gasteiger partial charge in [-0.25, -0.2) is 0 Å². The van der Waals surface area contributed by atoms with Crippen LogP contribution in [0, 0.1) is 0 Å². The smallest absolute Gasteiger partial charge is 0.326 e. The summed E-state index contributed by atoms with van der Waals surface area (Å²) in [5.41, 5.74) is 0.699. The lowest BCUT2D eigenvalue weighted by atomic mass is 10.2. The van der Waals surface area contributed by atoms with Gasteiger partial charge in [0.2, 0.25) is 5.91 Å². The summed E-state index contributed by atoms with van der Waals surface area (Å²) in [6.45, 7) is 7.65. The largest absolute Gasteiger partial charge is 0.465 e. The Morgan fingerprint density at radius 1 is 1.21 bits per heavy atom. The van der Waals surface area contributed by atoms with Crippen molar-refractivity contribution in [2.45, 2.75) is 33.0 Å². The molecule has 0 radical (unpaired) electrons. The van der Waals surface area contributed by atoms with Crippen molar-refractivity contribution >= 4 is 17.6 Å². The van der Waals surface area contributed by atoms with Crippen LogP contribution in [0.2, 0.25) is 0 Å². The molecule has 1 saturated heterocycles. The summed E-state index contributed by atoms with van der Waals surface area (Å²) in [6, 6.07) is 9.21. The number of carbonyl (C=O) groups excluding carboxylic acids is 2. The minimum Gasteiger partial charge on any atom is -0.465 e. The van der Waals surface area contributed by atoms with Crippen LogP contribution in [-0.4, -0.2) is 61.8 Å². The number of amides is 1. The van der Waals surface area contributed by atoms with E-state index < -0.39 is 5.97 Å². The quantitative estimate of drug-likeness (QED) is 0.741. The molecule has 0 aromatic heterocycles. The van der Waals surface area contributed by atoms with Crippen molar-refractivity contribution < 1.29 is 19.1 Å². The number of morpholine rings is 1. The van der Waals surface area contributed by atoms with Crippen molar-refractivity contribution in [2.75, 3.05) is 37.7 Å². The van der Waals surface area contributed by atoms with Gasteiger partial charge in [0, 0.05) is 18.8 Å². The Balaban J connectivity index is 2.08. The number of hydrogen-bond donors (Lipinski definition) is 0. The first-order chi connectivity index (χ1) is 11.5. The van der Waals surface area contributed by atoms with Crippen LogP contribution in [0.1, 0.15) is 20.8 Å². The average molecular weight is 334 g/mol. The van der Waals surface area contributed by atoms with Crippen molar-refractivity contribution in [3.05, 3.63) is 30.3 Å². The normalized spacial score (nSPS) is 21.3. The highest BCUT2D eigenvalue weighted by Crippen LogP contribution is 2.16. The molecule has 1 aromatic rings. The minimum atomic E-state index is -0.404. The van der Waals surface area contributed by atoms with E-state index >= 15 is 0 Å². The summed E-state index contributed by atoms with van der Waals surface area (Å²) in [4.78, 5) is 28.2. The van der Waals surface area contributed by atoms with Crippen LogP contribution in [0.3, 0.4) is 0 Å². The summed E-state index contributed by atoms with van der Waals surface area (Å²) >= 11 is 0. The number of hydrogen-bond acceptors (Lipinski definition) is 5. The Labute approximate surface area is 143 Å². The highest BCUT2D eigenvalue weighted by Gasteiger charge is 2.27. The second-order valence-electron chi connectivity index (χ2n) is 6.07. The molecule has 1 fully saturated rings. The Morgan fingerprint density at radius 3 is 2.42 bits per heavy atom. The number of esters is 1. The number of anilines is 1. The third-order valence-electron chi connectivity index (χ3n) is 3.82. The molecule has 1 amide bonds. The van der Waals surface area contributed by atoms with Crippen molar-refractivity contribution in [3.8, 4) is 0 Å². The van der Waals surface area contributed by atoms with Gasteiger partial charge in [0.15, 0.2) is 0 Å². The molecule has 6 nitrogen and oxygen atoms in total. The molecule has 0 N–H and O–H groups in total. The summed E-state index contributed by atoms with van der Waals surface area (Å²) < 4.78 is 10.7. The van der Waals surface area contributed by atoms with Gasteiger partial charge < -0.3 is 14.4 Å². The van der Waals surface area contributed by atoms with Crippen LogP contribution in [0.25, 0.3) is 0 Å². The predicted octanol–water partition coefficient (Wildman–Crippen LogP) is 1.69. The van der Waals surface area contributed by atoms with Crippen LogP contribution in [0.4, 0.5) is 5.69 Å². The minimum absolute atomic E-state index is 0.0772. The first kappa shape index (κ1) is 18.4. The highest BCUT2D eigenvalue weighted by molar-refractivity contribution is 5.98. The average Bonchev–Trinajstić information content (AvgIpc) is 2.52. The van der Waals surface area contributed by atoms with Gasteiger partial charge in [0.1, 0.15) is 6.54 Å². The monoisotopic (exact) mass is 334 g/mol. The number of nitrogens with zero attached hydrogens (tertiary/aromatic N) is 2. The maximum atomic E-state index is 12.8.